The predicted molar refractivity (Wildman–Crippen MR) is 86.1 cm³/mol. The highest BCUT2D eigenvalue weighted by Crippen LogP contribution is 2.26. The molecule has 114 valence electrons. The quantitative estimate of drug-likeness (QED) is 0.885. The van der Waals surface area contributed by atoms with Crippen LogP contribution in [-0.2, 0) is 23.0 Å². The SMILES string of the molecule is CCc1nc(NS(=O)(=O)c2cccc(CN)c2C)sc1C. The Balaban J connectivity index is 2.38. The molecule has 2 aromatic rings. The molecule has 1 aromatic carbocycles. The summed E-state index contributed by atoms with van der Waals surface area (Å²) < 4.78 is 27.6. The molecule has 0 aliphatic carbocycles. The number of hydrogen-bond acceptors (Lipinski definition) is 5. The molecule has 0 aliphatic heterocycles. The molecule has 1 heterocycles. The van der Waals surface area contributed by atoms with Crippen molar-refractivity contribution in [3.63, 3.8) is 0 Å². The number of anilines is 1. The molecular formula is C14H19N3O2S2. The first-order valence-electron chi connectivity index (χ1n) is 6.66. The van der Waals surface area contributed by atoms with E-state index in [1.165, 1.54) is 11.3 Å². The fraction of sp³-hybridized carbons (Fsp3) is 0.357. The Labute approximate surface area is 129 Å². The summed E-state index contributed by atoms with van der Waals surface area (Å²) in [6, 6.07) is 5.11. The van der Waals surface area contributed by atoms with Crippen LogP contribution >= 0.6 is 11.3 Å². The number of nitrogens with one attached hydrogen (secondary N) is 1. The lowest BCUT2D eigenvalue weighted by Gasteiger charge is -2.11. The molecular weight excluding hydrogens is 306 g/mol. The number of thiazole rings is 1. The molecule has 0 radical (unpaired) electrons. The molecule has 0 aliphatic rings. The molecule has 0 unspecified atom stereocenters. The third-order valence-electron chi connectivity index (χ3n) is 3.35. The second-order valence-corrected chi connectivity index (χ2v) is 7.58. The van der Waals surface area contributed by atoms with Crippen molar-refractivity contribution in [2.75, 3.05) is 4.72 Å². The van der Waals surface area contributed by atoms with Crippen LogP contribution in [0.3, 0.4) is 0 Å². The maximum absolute atomic E-state index is 12.5. The molecule has 0 bridgehead atoms. The highest BCUT2D eigenvalue weighted by Gasteiger charge is 2.20. The van der Waals surface area contributed by atoms with Gasteiger partial charge in [0.15, 0.2) is 5.13 Å². The Morgan fingerprint density at radius 3 is 2.62 bits per heavy atom. The highest BCUT2D eigenvalue weighted by molar-refractivity contribution is 7.93. The van der Waals surface area contributed by atoms with Crippen molar-refractivity contribution < 1.29 is 8.42 Å². The highest BCUT2D eigenvalue weighted by atomic mass is 32.2. The molecule has 1 aromatic heterocycles. The molecule has 0 amide bonds. The van der Waals surface area contributed by atoms with Gasteiger partial charge in [0.2, 0.25) is 0 Å². The predicted octanol–water partition coefficient (Wildman–Crippen LogP) is 2.58. The van der Waals surface area contributed by atoms with Gasteiger partial charge in [-0.3, -0.25) is 4.72 Å². The molecule has 3 N–H and O–H groups in total. The number of nitrogens with zero attached hydrogens (tertiary/aromatic N) is 1. The van der Waals surface area contributed by atoms with E-state index >= 15 is 0 Å². The lowest BCUT2D eigenvalue weighted by molar-refractivity contribution is 0.600. The second-order valence-electron chi connectivity index (χ2n) is 4.73. The van der Waals surface area contributed by atoms with Gasteiger partial charge in [0.25, 0.3) is 10.0 Å². The Kier molecular flexibility index (Phi) is 4.65. The second kappa shape index (κ2) is 6.13. The zero-order chi connectivity index (χ0) is 15.6. The first kappa shape index (κ1) is 15.9. The maximum Gasteiger partial charge on any atom is 0.263 e. The summed E-state index contributed by atoms with van der Waals surface area (Å²) in [5, 5.41) is 0.405. The van der Waals surface area contributed by atoms with E-state index in [0.29, 0.717) is 17.2 Å². The van der Waals surface area contributed by atoms with Crippen molar-refractivity contribution in [2.24, 2.45) is 5.73 Å². The average Bonchev–Trinajstić information content (AvgIpc) is 2.77. The van der Waals surface area contributed by atoms with Gasteiger partial charge in [0, 0.05) is 11.4 Å². The van der Waals surface area contributed by atoms with Gasteiger partial charge in [-0.05, 0) is 37.5 Å². The van der Waals surface area contributed by atoms with E-state index < -0.39 is 10.0 Å². The van der Waals surface area contributed by atoms with E-state index in [1.54, 1.807) is 19.1 Å². The van der Waals surface area contributed by atoms with Gasteiger partial charge in [0.05, 0.1) is 10.6 Å². The van der Waals surface area contributed by atoms with Crippen LogP contribution in [0, 0.1) is 13.8 Å². The van der Waals surface area contributed by atoms with E-state index in [2.05, 4.69) is 9.71 Å². The van der Waals surface area contributed by atoms with Gasteiger partial charge in [-0.15, -0.1) is 11.3 Å². The maximum atomic E-state index is 12.5. The first-order chi connectivity index (χ1) is 9.89. The van der Waals surface area contributed by atoms with Crippen LogP contribution in [0.1, 0.15) is 28.6 Å². The summed E-state index contributed by atoms with van der Waals surface area (Å²) >= 11 is 1.35. The standard InChI is InChI=1S/C14H19N3O2S2/c1-4-12-10(3)20-14(16-12)17-21(18,19)13-7-5-6-11(8-15)9(13)2/h5-7H,4,8,15H2,1-3H3,(H,16,17). The minimum atomic E-state index is -3.65. The third-order valence-corrected chi connectivity index (χ3v) is 5.90. The topological polar surface area (TPSA) is 85.1 Å². The molecule has 0 atom stereocenters. The molecule has 0 fully saturated rings. The molecule has 0 saturated carbocycles. The van der Waals surface area contributed by atoms with Crippen molar-refractivity contribution >= 4 is 26.5 Å². The van der Waals surface area contributed by atoms with E-state index in [9.17, 15) is 8.42 Å². The number of benzene rings is 1. The van der Waals surface area contributed by atoms with Gasteiger partial charge in [-0.1, -0.05) is 19.1 Å². The van der Waals surface area contributed by atoms with Crippen molar-refractivity contribution in [1.29, 1.82) is 0 Å². The molecule has 7 heteroatoms. The number of aromatic nitrogens is 1. The number of nitrogens with two attached hydrogens (primary N) is 1. The minimum Gasteiger partial charge on any atom is -0.326 e. The molecule has 0 saturated heterocycles. The fourth-order valence-electron chi connectivity index (χ4n) is 2.14. The Hall–Kier alpha value is -1.44. The lowest BCUT2D eigenvalue weighted by Crippen LogP contribution is -2.15. The number of hydrogen-bond donors (Lipinski definition) is 2. The van der Waals surface area contributed by atoms with Gasteiger partial charge >= 0.3 is 0 Å². The first-order valence-corrected chi connectivity index (χ1v) is 8.96. The molecule has 0 spiro atoms. The smallest absolute Gasteiger partial charge is 0.263 e. The fourth-order valence-corrected chi connectivity index (χ4v) is 4.57. The summed E-state index contributed by atoms with van der Waals surface area (Å²) in [7, 11) is -3.65. The number of aryl methyl sites for hydroxylation is 2. The summed E-state index contributed by atoms with van der Waals surface area (Å²) in [5.74, 6) is 0. The van der Waals surface area contributed by atoms with Crippen LogP contribution < -0.4 is 10.5 Å². The zero-order valence-electron chi connectivity index (χ0n) is 12.3. The molecule has 2 rings (SSSR count). The largest absolute Gasteiger partial charge is 0.326 e. The van der Waals surface area contributed by atoms with Gasteiger partial charge in [-0.25, -0.2) is 13.4 Å². The molecule has 21 heavy (non-hydrogen) atoms. The van der Waals surface area contributed by atoms with E-state index in [-0.39, 0.29) is 4.90 Å². The lowest BCUT2D eigenvalue weighted by atomic mass is 10.1. The van der Waals surface area contributed by atoms with E-state index in [4.69, 9.17) is 5.73 Å². The number of sulfonamides is 1. The van der Waals surface area contributed by atoms with Gasteiger partial charge in [-0.2, -0.15) is 0 Å². The van der Waals surface area contributed by atoms with E-state index in [1.807, 2.05) is 19.9 Å². The van der Waals surface area contributed by atoms with Crippen molar-refractivity contribution in [3.8, 4) is 0 Å². The Morgan fingerprint density at radius 2 is 2.05 bits per heavy atom. The van der Waals surface area contributed by atoms with Gasteiger partial charge < -0.3 is 5.73 Å². The zero-order valence-corrected chi connectivity index (χ0v) is 13.9. The summed E-state index contributed by atoms with van der Waals surface area (Å²) in [6.07, 6.45) is 0.783. The normalized spacial score (nSPS) is 11.6. The van der Waals surface area contributed by atoms with Crippen LogP contribution in [0.25, 0.3) is 0 Å². The summed E-state index contributed by atoms with van der Waals surface area (Å²) in [6.45, 7) is 6.01. The van der Waals surface area contributed by atoms with Crippen LogP contribution in [0.15, 0.2) is 23.1 Å². The van der Waals surface area contributed by atoms with Crippen LogP contribution in [0.2, 0.25) is 0 Å². The average molecular weight is 325 g/mol. The monoisotopic (exact) mass is 325 g/mol. The van der Waals surface area contributed by atoms with E-state index in [0.717, 1.165) is 22.6 Å². The third kappa shape index (κ3) is 3.25. The Morgan fingerprint density at radius 1 is 1.33 bits per heavy atom. The van der Waals surface area contributed by atoms with Crippen LogP contribution in [0.4, 0.5) is 5.13 Å². The van der Waals surface area contributed by atoms with Crippen molar-refractivity contribution in [1.82, 2.24) is 4.98 Å². The summed E-state index contributed by atoms with van der Waals surface area (Å²) in [5.41, 5.74) is 8.05. The van der Waals surface area contributed by atoms with Crippen molar-refractivity contribution in [2.45, 2.75) is 38.6 Å². The van der Waals surface area contributed by atoms with Gasteiger partial charge in [0.1, 0.15) is 0 Å². The van der Waals surface area contributed by atoms with Crippen molar-refractivity contribution in [3.05, 3.63) is 39.9 Å². The van der Waals surface area contributed by atoms with Crippen LogP contribution in [-0.4, -0.2) is 13.4 Å². The number of rotatable bonds is 5. The summed E-state index contributed by atoms with van der Waals surface area (Å²) in [4.78, 5) is 5.59. The molecule has 5 nitrogen and oxygen atoms in total. The van der Waals surface area contributed by atoms with Crippen LogP contribution in [0.5, 0.6) is 0 Å². The minimum absolute atomic E-state index is 0.247. The Bertz CT molecular complexity index is 752.